The predicted octanol–water partition coefficient (Wildman–Crippen LogP) is 0.951. The van der Waals surface area contributed by atoms with Gasteiger partial charge in [0.05, 0.1) is 6.61 Å². The molecule has 0 bridgehead atoms. The van der Waals surface area contributed by atoms with Gasteiger partial charge in [0.2, 0.25) is 0 Å². The lowest BCUT2D eigenvalue weighted by atomic mass is 9.91. The summed E-state index contributed by atoms with van der Waals surface area (Å²) in [6, 6.07) is 7.80. The number of carbonyl (C=O) groups excluding carboxylic acids is 1. The van der Waals surface area contributed by atoms with Crippen molar-refractivity contribution in [2.45, 2.75) is 19.3 Å². The van der Waals surface area contributed by atoms with Crippen LogP contribution in [-0.2, 0) is 6.42 Å². The highest BCUT2D eigenvalue weighted by Crippen LogP contribution is 2.18. The third-order valence-electron chi connectivity index (χ3n) is 3.60. The number of benzene rings is 1. The van der Waals surface area contributed by atoms with Crippen LogP contribution >= 0.6 is 0 Å². The topological polar surface area (TPSA) is 61.4 Å². The summed E-state index contributed by atoms with van der Waals surface area (Å²) in [5.74, 6) is 0.637. The smallest absolute Gasteiger partial charge is 0.251 e. The predicted molar refractivity (Wildman–Crippen MR) is 75.2 cm³/mol. The molecule has 1 heterocycles. The molecule has 1 saturated heterocycles. The van der Waals surface area contributed by atoms with E-state index in [1.165, 1.54) is 18.4 Å². The van der Waals surface area contributed by atoms with E-state index >= 15 is 0 Å². The third kappa shape index (κ3) is 4.33. The number of aliphatic hydroxyl groups excluding tert-OH is 1. The number of amides is 1. The second-order valence-corrected chi connectivity index (χ2v) is 5.07. The second-order valence-electron chi connectivity index (χ2n) is 5.07. The number of rotatable bonds is 5. The van der Waals surface area contributed by atoms with Crippen molar-refractivity contribution < 1.29 is 9.90 Å². The summed E-state index contributed by atoms with van der Waals surface area (Å²) >= 11 is 0. The van der Waals surface area contributed by atoms with Gasteiger partial charge in [-0.2, -0.15) is 0 Å². The Bertz CT molecular complexity index is 397. The summed E-state index contributed by atoms with van der Waals surface area (Å²) in [4.78, 5) is 11.7. The zero-order valence-corrected chi connectivity index (χ0v) is 11.2. The van der Waals surface area contributed by atoms with Gasteiger partial charge in [-0.25, -0.2) is 0 Å². The van der Waals surface area contributed by atoms with Gasteiger partial charge >= 0.3 is 0 Å². The van der Waals surface area contributed by atoms with Crippen LogP contribution in [0.15, 0.2) is 24.3 Å². The Morgan fingerprint density at radius 2 is 1.95 bits per heavy atom. The van der Waals surface area contributed by atoms with Gasteiger partial charge in [-0.1, -0.05) is 12.1 Å². The maximum atomic E-state index is 11.7. The summed E-state index contributed by atoms with van der Waals surface area (Å²) < 4.78 is 0. The first-order valence-electron chi connectivity index (χ1n) is 6.98. The highest BCUT2D eigenvalue weighted by Gasteiger charge is 2.13. The minimum absolute atomic E-state index is 0.0282. The van der Waals surface area contributed by atoms with Crippen molar-refractivity contribution in [3.8, 4) is 0 Å². The molecule has 1 fully saturated rings. The quantitative estimate of drug-likeness (QED) is 0.740. The Morgan fingerprint density at radius 1 is 1.26 bits per heavy atom. The molecule has 4 heteroatoms. The number of hydrogen-bond acceptors (Lipinski definition) is 3. The molecule has 0 aromatic heterocycles. The second kappa shape index (κ2) is 7.26. The minimum atomic E-state index is -0.123. The van der Waals surface area contributed by atoms with E-state index in [0.717, 1.165) is 25.4 Å². The van der Waals surface area contributed by atoms with E-state index < -0.39 is 0 Å². The fourth-order valence-electron chi connectivity index (χ4n) is 2.48. The molecule has 1 amide bonds. The monoisotopic (exact) mass is 262 g/mol. The zero-order chi connectivity index (χ0) is 13.5. The number of hydrogen-bond donors (Lipinski definition) is 3. The highest BCUT2D eigenvalue weighted by molar-refractivity contribution is 5.94. The Morgan fingerprint density at radius 3 is 2.58 bits per heavy atom. The van der Waals surface area contributed by atoms with Crippen LogP contribution in [0.1, 0.15) is 28.8 Å². The number of aliphatic hydroxyl groups is 1. The molecule has 0 unspecified atom stereocenters. The van der Waals surface area contributed by atoms with Crippen LogP contribution < -0.4 is 10.6 Å². The van der Waals surface area contributed by atoms with E-state index in [9.17, 15) is 4.79 Å². The van der Waals surface area contributed by atoms with Crippen molar-refractivity contribution in [1.29, 1.82) is 0 Å². The SMILES string of the molecule is O=C(NCCO)c1ccc(CC2CCNCC2)cc1. The van der Waals surface area contributed by atoms with E-state index in [0.29, 0.717) is 12.1 Å². The average Bonchev–Trinajstić information content (AvgIpc) is 2.46. The van der Waals surface area contributed by atoms with Crippen LogP contribution in [-0.4, -0.2) is 37.3 Å². The lowest BCUT2D eigenvalue weighted by Crippen LogP contribution is -2.28. The zero-order valence-electron chi connectivity index (χ0n) is 11.2. The Kier molecular flexibility index (Phi) is 5.36. The van der Waals surface area contributed by atoms with E-state index in [1.54, 1.807) is 0 Å². The molecule has 1 aromatic carbocycles. The van der Waals surface area contributed by atoms with Crippen molar-refractivity contribution in [1.82, 2.24) is 10.6 Å². The van der Waals surface area contributed by atoms with Crippen molar-refractivity contribution in [2.75, 3.05) is 26.2 Å². The summed E-state index contributed by atoms with van der Waals surface area (Å²) in [5, 5.41) is 14.7. The number of carbonyl (C=O) groups is 1. The molecular formula is C15H22N2O2. The number of nitrogens with one attached hydrogen (secondary N) is 2. The maximum Gasteiger partial charge on any atom is 0.251 e. The Hall–Kier alpha value is -1.39. The summed E-state index contributed by atoms with van der Waals surface area (Å²) in [6.45, 7) is 2.51. The molecule has 4 nitrogen and oxygen atoms in total. The van der Waals surface area contributed by atoms with Gasteiger partial charge in [-0.15, -0.1) is 0 Å². The normalized spacial score (nSPS) is 16.3. The lowest BCUT2D eigenvalue weighted by molar-refractivity contribution is 0.0945. The molecule has 104 valence electrons. The minimum Gasteiger partial charge on any atom is -0.395 e. The molecule has 1 aromatic rings. The first kappa shape index (κ1) is 14.0. The molecule has 0 atom stereocenters. The van der Waals surface area contributed by atoms with Gasteiger partial charge in [-0.05, 0) is 56.0 Å². The van der Waals surface area contributed by atoms with Crippen LogP contribution in [0.5, 0.6) is 0 Å². The van der Waals surface area contributed by atoms with Crippen LogP contribution in [0.4, 0.5) is 0 Å². The summed E-state index contributed by atoms with van der Waals surface area (Å²) in [7, 11) is 0. The molecule has 0 saturated carbocycles. The molecule has 1 aliphatic heterocycles. The molecule has 0 spiro atoms. The van der Waals surface area contributed by atoms with E-state index in [-0.39, 0.29) is 12.5 Å². The molecule has 1 aliphatic rings. The van der Waals surface area contributed by atoms with Crippen LogP contribution in [0.2, 0.25) is 0 Å². The molecule has 0 radical (unpaired) electrons. The largest absolute Gasteiger partial charge is 0.395 e. The van der Waals surface area contributed by atoms with Gasteiger partial charge in [0, 0.05) is 12.1 Å². The van der Waals surface area contributed by atoms with Gasteiger partial charge in [-0.3, -0.25) is 4.79 Å². The van der Waals surface area contributed by atoms with Crippen molar-refractivity contribution in [3.05, 3.63) is 35.4 Å². The number of piperidine rings is 1. The van der Waals surface area contributed by atoms with E-state index in [1.807, 2.05) is 24.3 Å². The fraction of sp³-hybridized carbons (Fsp3) is 0.533. The first-order valence-corrected chi connectivity index (χ1v) is 6.98. The Balaban J connectivity index is 1.88. The van der Waals surface area contributed by atoms with Crippen molar-refractivity contribution in [2.24, 2.45) is 5.92 Å². The molecular weight excluding hydrogens is 240 g/mol. The van der Waals surface area contributed by atoms with Gasteiger partial charge in [0.1, 0.15) is 0 Å². The molecule has 0 aliphatic carbocycles. The lowest BCUT2D eigenvalue weighted by Gasteiger charge is -2.22. The summed E-state index contributed by atoms with van der Waals surface area (Å²) in [6.07, 6.45) is 3.57. The highest BCUT2D eigenvalue weighted by atomic mass is 16.3. The van der Waals surface area contributed by atoms with Crippen LogP contribution in [0, 0.1) is 5.92 Å². The maximum absolute atomic E-state index is 11.7. The van der Waals surface area contributed by atoms with Crippen molar-refractivity contribution >= 4 is 5.91 Å². The third-order valence-corrected chi connectivity index (χ3v) is 3.60. The molecule has 19 heavy (non-hydrogen) atoms. The molecule has 3 N–H and O–H groups in total. The van der Waals surface area contributed by atoms with E-state index in [4.69, 9.17) is 5.11 Å². The van der Waals surface area contributed by atoms with Gasteiger partial charge in [0.15, 0.2) is 0 Å². The van der Waals surface area contributed by atoms with Gasteiger partial charge in [0.25, 0.3) is 5.91 Å². The molecule has 2 rings (SSSR count). The van der Waals surface area contributed by atoms with Gasteiger partial charge < -0.3 is 15.7 Å². The van der Waals surface area contributed by atoms with Crippen LogP contribution in [0.25, 0.3) is 0 Å². The fourth-order valence-corrected chi connectivity index (χ4v) is 2.48. The van der Waals surface area contributed by atoms with Crippen LogP contribution in [0.3, 0.4) is 0 Å². The van der Waals surface area contributed by atoms with Crippen molar-refractivity contribution in [3.63, 3.8) is 0 Å². The standard InChI is InChI=1S/C15H22N2O2/c18-10-9-17-15(19)14-3-1-12(2-4-14)11-13-5-7-16-8-6-13/h1-4,13,16,18H,5-11H2,(H,17,19). The first-order chi connectivity index (χ1) is 9.29. The average molecular weight is 262 g/mol. The Labute approximate surface area is 114 Å². The van der Waals surface area contributed by atoms with E-state index in [2.05, 4.69) is 10.6 Å². The summed E-state index contributed by atoms with van der Waals surface area (Å²) in [5.41, 5.74) is 1.95.